The lowest BCUT2D eigenvalue weighted by Crippen LogP contribution is -2.16. The zero-order valence-corrected chi connectivity index (χ0v) is 11.9. The molecule has 1 amide bonds. The molecule has 2 aromatic carbocycles. The van der Waals surface area contributed by atoms with E-state index in [1.807, 2.05) is 0 Å². The van der Waals surface area contributed by atoms with Gasteiger partial charge in [0.2, 0.25) is 10.0 Å². The first-order valence-electron chi connectivity index (χ1n) is 5.98. The van der Waals surface area contributed by atoms with Crippen molar-refractivity contribution in [1.82, 2.24) is 0 Å². The summed E-state index contributed by atoms with van der Waals surface area (Å²) in [6.45, 7) is 1.76. The summed E-state index contributed by atoms with van der Waals surface area (Å²) >= 11 is 0. The second-order valence-corrected chi connectivity index (χ2v) is 6.05. The number of carbonyl (C=O) groups is 1. The molecule has 0 unspecified atom stereocenters. The number of primary sulfonamides is 1. The average molecular weight is 308 g/mol. The minimum atomic E-state index is -4.05. The number of hydrogen-bond acceptors (Lipinski definition) is 3. The van der Waals surface area contributed by atoms with Crippen LogP contribution in [0.15, 0.2) is 47.4 Å². The number of anilines is 1. The van der Waals surface area contributed by atoms with Crippen molar-refractivity contribution < 1.29 is 17.6 Å². The average Bonchev–Trinajstić information content (AvgIpc) is 2.37. The Morgan fingerprint density at radius 2 is 1.86 bits per heavy atom. The molecule has 2 rings (SSSR count). The van der Waals surface area contributed by atoms with Crippen molar-refractivity contribution in [2.24, 2.45) is 5.14 Å². The molecule has 3 N–H and O–H groups in total. The zero-order valence-electron chi connectivity index (χ0n) is 11.1. The van der Waals surface area contributed by atoms with E-state index in [0.717, 1.165) is 23.8 Å². The maximum Gasteiger partial charge on any atom is 0.255 e. The Kier molecular flexibility index (Phi) is 4.06. The van der Waals surface area contributed by atoms with Gasteiger partial charge in [-0.25, -0.2) is 17.9 Å². The highest BCUT2D eigenvalue weighted by Crippen LogP contribution is 2.18. The van der Waals surface area contributed by atoms with Crippen molar-refractivity contribution in [1.29, 1.82) is 0 Å². The highest BCUT2D eigenvalue weighted by atomic mass is 32.2. The summed E-state index contributed by atoms with van der Waals surface area (Å²) in [5.74, 6) is -1.26. The van der Waals surface area contributed by atoms with Crippen LogP contribution in [-0.4, -0.2) is 14.3 Å². The third-order valence-electron chi connectivity index (χ3n) is 2.85. The lowest BCUT2D eigenvalue weighted by atomic mass is 10.1. The molecule has 21 heavy (non-hydrogen) atoms. The van der Waals surface area contributed by atoms with Crippen molar-refractivity contribution in [2.75, 3.05) is 5.32 Å². The molecule has 0 aliphatic carbocycles. The van der Waals surface area contributed by atoms with Crippen LogP contribution in [0.25, 0.3) is 0 Å². The van der Waals surface area contributed by atoms with E-state index in [1.54, 1.807) is 31.2 Å². The molecule has 0 saturated carbocycles. The number of carbonyl (C=O) groups excluding carboxylic acids is 1. The Bertz CT molecular complexity index is 804. The molecule has 0 saturated heterocycles. The number of amides is 1. The molecule has 7 heteroatoms. The molecule has 0 heterocycles. The molecule has 0 aliphatic rings. The van der Waals surface area contributed by atoms with Gasteiger partial charge in [-0.15, -0.1) is 0 Å². The van der Waals surface area contributed by atoms with Gasteiger partial charge in [0.05, 0.1) is 4.90 Å². The van der Waals surface area contributed by atoms with Crippen LogP contribution in [0.4, 0.5) is 10.1 Å². The molecule has 0 aliphatic heterocycles. The molecule has 5 nitrogen and oxygen atoms in total. The Hall–Kier alpha value is -2.25. The maximum absolute atomic E-state index is 13.4. The van der Waals surface area contributed by atoms with Gasteiger partial charge >= 0.3 is 0 Å². The summed E-state index contributed by atoms with van der Waals surface area (Å²) < 4.78 is 35.9. The monoisotopic (exact) mass is 308 g/mol. The van der Waals surface area contributed by atoms with Crippen molar-refractivity contribution in [3.8, 4) is 0 Å². The van der Waals surface area contributed by atoms with E-state index < -0.39 is 26.6 Å². The number of halogens is 1. The fourth-order valence-corrected chi connectivity index (χ4v) is 2.39. The van der Waals surface area contributed by atoms with E-state index in [4.69, 9.17) is 5.14 Å². The third-order valence-corrected chi connectivity index (χ3v) is 3.74. The van der Waals surface area contributed by atoms with E-state index in [-0.39, 0.29) is 5.69 Å². The maximum atomic E-state index is 13.4. The first kappa shape index (κ1) is 15.1. The Morgan fingerprint density at radius 1 is 1.19 bits per heavy atom. The molecule has 0 spiro atoms. The molecule has 2 aromatic rings. The van der Waals surface area contributed by atoms with Crippen LogP contribution in [0.5, 0.6) is 0 Å². The predicted octanol–water partition coefficient (Wildman–Crippen LogP) is 2.03. The molecule has 0 aromatic heterocycles. The Labute approximate surface area is 121 Å². The van der Waals surface area contributed by atoms with Gasteiger partial charge in [0.15, 0.2) is 0 Å². The normalized spacial score (nSPS) is 11.2. The van der Waals surface area contributed by atoms with Crippen LogP contribution in [0.2, 0.25) is 0 Å². The number of nitrogens with one attached hydrogen (secondary N) is 1. The SMILES string of the molecule is Cc1ccccc1C(=O)Nc1cc(F)cc(S(N)(=O)=O)c1. The third kappa shape index (κ3) is 3.65. The smallest absolute Gasteiger partial charge is 0.255 e. The van der Waals surface area contributed by atoms with Gasteiger partial charge in [-0.2, -0.15) is 0 Å². The quantitative estimate of drug-likeness (QED) is 0.909. The Balaban J connectivity index is 2.34. The highest BCUT2D eigenvalue weighted by molar-refractivity contribution is 7.89. The number of sulfonamides is 1. The first-order valence-corrected chi connectivity index (χ1v) is 7.52. The summed E-state index contributed by atoms with van der Waals surface area (Å²) in [7, 11) is -4.05. The number of benzene rings is 2. The van der Waals surface area contributed by atoms with Crippen LogP contribution in [0.1, 0.15) is 15.9 Å². The van der Waals surface area contributed by atoms with Gasteiger partial charge in [-0.05, 0) is 36.8 Å². The second-order valence-electron chi connectivity index (χ2n) is 4.49. The van der Waals surface area contributed by atoms with E-state index in [9.17, 15) is 17.6 Å². The number of rotatable bonds is 3. The minimum Gasteiger partial charge on any atom is -0.322 e. The van der Waals surface area contributed by atoms with Crippen LogP contribution < -0.4 is 10.5 Å². The molecular weight excluding hydrogens is 295 g/mol. The van der Waals surface area contributed by atoms with Crippen LogP contribution in [0.3, 0.4) is 0 Å². The van der Waals surface area contributed by atoms with Crippen LogP contribution in [0, 0.1) is 12.7 Å². The zero-order chi connectivity index (χ0) is 15.6. The molecule has 0 atom stereocenters. The molecule has 0 fully saturated rings. The molecular formula is C14H13FN2O3S. The lowest BCUT2D eigenvalue weighted by molar-refractivity contribution is 0.102. The fraction of sp³-hybridized carbons (Fsp3) is 0.0714. The van der Waals surface area contributed by atoms with Gasteiger partial charge in [0.1, 0.15) is 5.82 Å². The van der Waals surface area contributed by atoms with Crippen LogP contribution in [-0.2, 0) is 10.0 Å². The van der Waals surface area contributed by atoms with Gasteiger partial charge < -0.3 is 5.32 Å². The molecule has 0 radical (unpaired) electrons. The fourth-order valence-electron chi connectivity index (χ4n) is 1.83. The van der Waals surface area contributed by atoms with E-state index in [2.05, 4.69) is 5.32 Å². The summed E-state index contributed by atoms with van der Waals surface area (Å²) in [6, 6.07) is 9.77. The lowest BCUT2D eigenvalue weighted by Gasteiger charge is -2.09. The van der Waals surface area contributed by atoms with Crippen molar-refractivity contribution in [2.45, 2.75) is 11.8 Å². The summed E-state index contributed by atoms with van der Waals surface area (Å²) in [5, 5.41) is 7.41. The van der Waals surface area contributed by atoms with Crippen molar-refractivity contribution in [3.63, 3.8) is 0 Å². The van der Waals surface area contributed by atoms with E-state index in [0.29, 0.717) is 5.56 Å². The predicted molar refractivity (Wildman–Crippen MR) is 76.9 cm³/mol. The van der Waals surface area contributed by atoms with Gasteiger partial charge in [-0.1, -0.05) is 18.2 Å². The van der Waals surface area contributed by atoms with Gasteiger partial charge in [0.25, 0.3) is 5.91 Å². The summed E-state index contributed by atoms with van der Waals surface area (Å²) in [6.07, 6.45) is 0. The Morgan fingerprint density at radius 3 is 2.48 bits per heavy atom. The standard InChI is InChI=1S/C14H13FN2O3S/c1-9-4-2-3-5-13(9)14(18)17-11-6-10(15)7-12(8-11)21(16,19)20/h2-8H,1H3,(H,17,18)(H2,16,19,20). The topological polar surface area (TPSA) is 89.3 Å². The summed E-state index contributed by atoms with van der Waals surface area (Å²) in [4.78, 5) is 11.7. The largest absolute Gasteiger partial charge is 0.322 e. The number of aryl methyl sites for hydroxylation is 1. The van der Waals surface area contributed by atoms with E-state index >= 15 is 0 Å². The molecule has 110 valence electrons. The molecule has 0 bridgehead atoms. The number of nitrogens with two attached hydrogens (primary N) is 1. The van der Waals surface area contributed by atoms with E-state index in [1.165, 1.54) is 0 Å². The van der Waals surface area contributed by atoms with Crippen molar-refractivity contribution >= 4 is 21.6 Å². The van der Waals surface area contributed by atoms with Gasteiger partial charge in [-0.3, -0.25) is 4.79 Å². The number of hydrogen-bond donors (Lipinski definition) is 2. The first-order chi connectivity index (χ1) is 9.77. The second kappa shape index (κ2) is 5.63. The minimum absolute atomic E-state index is 0.0206. The van der Waals surface area contributed by atoms with Gasteiger partial charge in [0, 0.05) is 11.3 Å². The summed E-state index contributed by atoms with van der Waals surface area (Å²) in [5.41, 5.74) is 1.18. The highest BCUT2D eigenvalue weighted by Gasteiger charge is 2.14. The van der Waals surface area contributed by atoms with Crippen LogP contribution >= 0.6 is 0 Å². The van der Waals surface area contributed by atoms with Crippen molar-refractivity contribution in [3.05, 3.63) is 59.4 Å².